The topological polar surface area (TPSA) is 71.5 Å². The second-order valence-corrected chi connectivity index (χ2v) is 8.05. The summed E-state index contributed by atoms with van der Waals surface area (Å²) in [4.78, 5) is 31.7. The molecule has 1 N–H and O–H groups in total. The SMILES string of the molecule is COc1ccc(-c2cc(C(=O)N(C)CC(=O)Nc3ccccc3C(F)(F)F)c3ccccc3n2)cc1. The molecule has 0 radical (unpaired) electrons. The van der Waals surface area contributed by atoms with Gasteiger partial charge in [-0.2, -0.15) is 13.2 Å². The molecule has 1 aromatic heterocycles. The Balaban J connectivity index is 1.60. The number of rotatable bonds is 6. The van der Waals surface area contributed by atoms with Crippen LogP contribution < -0.4 is 10.1 Å². The highest BCUT2D eigenvalue weighted by Gasteiger charge is 2.33. The van der Waals surface area contributed by atoms with Crippen LogP contribution in [-0.4, -0.2) is 42.4 Å². The van der Waals surface area contributed by atoms with Gasteiger partial charge in [-0.15, -0.1) is 0 Å². The van der Waals surface area contributed by atoms with Gasteiger partial charge in [-0.3, -0.25) is 9.59 Å². The van der Waals surface area contributed by atoms with Gasteiger partial charge in [-0.1, -0.05) is 30.3 Å². The highest BCUT2D eigenvalue weighted by Crippen LogP contribution is 2.34. The highest BCUT2D eigenvalue weighted by atomic mass is 19.4. The molecule has 0 atom stereocenters. The average molecular weight is 493 g/mol. The molecule has 1 heterocycles. The Morgan fingerprint density at radius 1 is 0.972 bits per heavy atom. The predicted octanol–water partition coefficient (Wildman–Crippen LogP) is 5.64. The minimum Gasteiger partial charge on any atom is -0.497 e. The number of aromatic nitrogens is 1. The van der Waals surface area contributed by atoms with Crippen LogP contribution >= 0.6 is 0 Å². The molecule has 9 heteroatoms. The molecule has 6 nitrogen and oxygen atoms in total. The van der Waals surface area contributed by atoms with Crippen LogP contribution in [0.3, 0.4) is 0 Å². The predicted molar refractivity (Wildman–Crippen MR) is 131 cm³/mol. The second kappa shape index (κ2) is 10.1. The summed E-state index contributed by atoms with van der Waals surface area (Å²) >= 11 is 0. The van der Waals surface area contributed by atoms with Gasteiger partial charge in [0, 0.05) is 18.0 Å². The summed E-state index contributed by atoms with van der Waals surface area (Å²) in [6.07, 6.45) is -4.63. The Morgan fingerprint density at radius 3 is 2.33 bits per heavy atom. The number of carbonyl (C=O) groups is 2. The van der Waals surface area contributed by atoms with Crippen molar-refractivity contribution in [2.24, 2.45) is 0 Å². The van der Waals surface area contributed by atoms with Gasteiger partial charge in [0.15, 0.2) is 0 Å². The lowest BCUT2D eigenvalue weighted by Gasteiger charge is -2.19. The van der Waals surface area contributed by atoms with Gasteiger partial charge in [-0.25, -0.2) is 4.98 Å². The zero-order valence-corrected chi connectivity index (χ0v) is 19.5. The highest BCUT2D eigenvalue weighted by molar-refractivity contribution is 6.08. The van der Waals surface area contributed by atoms with Crippen LogP contribution in [0.25, 0.3) is 22.2 Å². The van der Waals surface area contributed by atoms with Crippen molar-refractivity contribution in [3.63, 3.8) is 0 Å². The van der Waals surface area contributed by atoms with E-state index in [-0.39, 0.29) is 5.69 Å². The summed E-state index contributed by atoms with van der Waals surface area (Å²) in [6, 6.07) is 20.6. The summed E-state index contributed by atoms with van der Waals surface area (Å²) in [7, 11) is 2.98. The van der Waals surface area contributed by atoms with Crippen molar-refractivity contribution in [1.82, 2.24) is 9.88 Å². The fraction of sp³-hybridized carbons (Fsp3) is 0.148. The number of nitrogens with one attached hydrogen (secondary N) is 1. The normalized spacial score (nSPS) is 11.2. The number of likely N-dealkylation sites (N-methyl/N-ethyl adjacent to an activating group) is 1. The molecule has 4 rings (SSSR count). The third kappa shape index (κ3) is 5.30. The molecule has 0 fully saturated rings. The van der Waals surface area contributed by atoms with Crippen molar-refractivity contribution in [2.75, 3.05) is 26.0 Å². The van der Waals surface area contributed by atoms with Gasteiger partial charge in [0.1, 0.15) is 5.75 Å². The largest absolute Gasteiger partial charge is 0.497 e. The summed E-state index contributed by atoms with van der Waals surface area (Å²) in [5.74, 6) is -0.549. The number of methoxy groups -OCH3 is 1. The van der Waals surface area contributed by atoms with Crippen LogP contribution in [0.1, 0.15) is 15.9 Å². The number of alkyl halides is 3. The number of carbonyl (C=O) groups excluding carboxylic acids is 2. The number of hydrogen-bond acceptors (Lipinski definition) is 4. The van der Waals surface area contributed by atoms with E-state index in [0.29, 0.717) is 27.9 Å². The first-order valence-electron chi connectivity index (χ1n) is 10.9. The fourth-order valence-corrected chi connectivity index (χ4v) is 3.78. The number of nitrogens with zero attached hydrogens (tertiary/aromatic N) is 2. The van der Waals surface area contributed by atoms with E-state index in [1.165, 1.54) is 25.2 Å². The van der Waals surface area contributed by atoms with Crippen molar-refractivity contribution in [2.45, 2.75) is 6.18 Å². The van der Waals surface area contributed by atoms with Crippen molar-refractivity contribution in [3.8, 4) is 17.0 Å². The Morgan fingerprint density at radius 2 is 1.64 bits per heavy atom. The summed E-state index contributed by atoms with van der Waals surface area (Å²) in [5.41, 5.74) is 0.892. The number of ether oxygens (including phenoxy) is 1. The Bertz CT molecular complexity index is 1420. The van der Waals surface area contributed by atoms with Gasteiger partial charge >= 0.3 is 6.18 Å². The number of para-hydroxylation sites is 2. The van der Waals surface area contributed by atoms with E-state index in [0.717, 1.165) is 16.5 Å². The molecular weight excluding hydrogens is 471 g/mol. The minimum atomic E-state index is -4.63. The zero-order valence-electron chi connectivity index (χ0n) is 19.5. The first-order chi connectivity index (χ1) is 17.2. The molecule has 36 heavy (non-hydrogen) atoms. The third-order valence-corrected chi connectivity index (χ3v) is 5.57. The molecule has 0 aliphatic rings. The van der Waals surface area contributed by atoms with Crippen LogP contribution in [0.15, 0.2) is 78.9 Å². The van der Waals surface area contributed by atoms with Crippen molar-refractivity contribution >= 4 is 28.4 Å². The van der Waals surface area contributed by atoms with Gasteiger partial charge in [0.05, 0.1) is 41.7 Å². The molecular formula is C27H22F3N3O3. The number of fused-ring (bicyclic) bond motifs is 1. The van der Waals surface area contributed by atoms with Gasteiger partial charge in [0.25, 0.3) is 5.91 Å². The number of hydrogen-bond donors (Lipinski definition) is 1. The van der Waals surface area contributed by atoms with Crippen molar-refractivity contribution in [1.29, 1.82) is 0 Å². The van der Waals surface area contributed by atoms with Gasteiger partial charge in [-0.05, 0) is 48.5 Å². The summed E-state index contributed by atoms with van der Waals surface area (Å²) in [5, 5.41) is 2.85. The molecule has 184 valence electrons. The maximum atomic E-state index is 13.4. The standard InChI is InChI=1S/C27H22F3N3O3/c1-33(16-25(34)32-23-10-6-4-8-21(23)27(28,29)30)26(35)20-15-24(17-11-13-18(36-2)14-12-17)31-22-9-5-3-7-19(20)22/h3-15H,16H2,1-2H3,(H,32,34). The smallest absolute Gasteiger partial charge is 0.418 e. The molecule has 3 aromatic carbocycles. The number of anilines is 1. The first kappa shape index (κ1) is 24.7. The number of amides is 2. The van der Waals surface area contributed by atoms with Crippen LogP contribution in [0, 0.1) is 0 Å². The minimum absolute atomic E-state index is 0.317. The molecule has 4 aromatic rings. The van der Waals surface area contributed by atoms with E-state index in [9.17, 15) is 22.8 Å². The summed E-state index contributed by atoms with van der Waals surface area (Å²) < 4.78 is 44.9. The molecule has 0 aliphatic carbocycles. The molecule has 2 amide bonds. The third-order valence-electron chi connectivity index (χ3n) is 5.57. The Hall–Kier alpha value is -4.40. The maximum Gasteiger partial charge on any atom is 0.418 e. The fourth-order valence-electron chi connectivity index (χ4n) is 3.78. The molecule has 0 unspecified atom stereocenters. The van der Waals surface area contributed by atoms with Gasteiger partial charge < -0.3 is 15.0 Å². The van der Waals surface area contributed by atoms with E-state index in [4.69, 9.17) is 4.74 Å². The Kier molecular flexibility index (Phi) is 6.91. The Labute approximate surface area is 205 Å². The lowest BCUT2D eigenvalue weighted by Crippen LogP contribution is -2.35. The molecule has 0 saturated heterocycles. The first-order valence-corrected chi connectivity index (χ1v) is 10.9. The van der Waals surface area contributed by atoms with E-state index >= 15 is 0 Å². The second-order valence-electron chi connectivity index (χ2n) is 8.05. The number of halogens is 3. The van der Waals surface area contributed by atoms with E-state index in [1.54, 1.807) is 49.6 Å². The van der Waals surface area contributed by atoms with Crippen LogP contribution in [-0.2, 0) is 11.0 Å². The summed E-state index contributed by atoms with van der Waals surface area (Å²) in [6.45, 7) is -0.445. The van der Waals surface area contributed by atoms with Crippen LogP contribution in [0.4, 0.5) is 18.9 Å². The molecule has 0 bridgehead atoms. The average Bonchev–Trinajstić information content (AvgIpc) is 2.87. The van der Waals surface area contributed by atoms with E-state index in [1.807, 2.05) is 12.1 Å². The quantitative estimate of drug-likeness (QED) is 0.377. The maximum absolute atomic E-state index is 13.4. The number of benzene rings is 3. The number of pyridine rings is 1. The van der Waals surface area contributed by atoms with Crippen LogP contribution in [0.2, 0.25) is 0 Å². The zero-order chi connectivity index (χ0) is 25.9. The van der Waals surface area contributed by atoms with Crippen molar-refractivity contribution in [3.05, 3.63) is 90.0 Å². The lowest BCUT2D eigenvalue weighted by molar-refractivity contribution is -0.137. The molecule has 0 spiro atoms. The molecule has 0 saturated carbocycles. The van der Waals surface area contributed by atoms with Gasteiger partial charge in [0.2, 0.25) is 5.91 Å². The monoisotopic (exact) mass is 493 g/mol. The lowest BCUT2D eigenvalue weighted by atomic mass is 10.0. The van der Waals surface area contributed by atoms with Crippen LogP contribution in [0.5, 0.6) is 5.75 Å². The van der Waals surface area contributed by atoms with E-state index < -0.39 is 30.1 Å². The molecule has 0 aliphatic heterocycles. The van der Waals surface area contributed by atoms with Crippen molar-refractivity contribution < 1.29 is 27.5 Å². The van der Waals surface area contributed by atoms with E-state index in [2.05, 4.69) is 10.3 Å².